The minimum atomic E-state index is -3.10. The smallest absolute Gasteiger partial charge is 0.211 e. The minimum absolute atomic E-state index is 0.0800. The van der Waals surface area contributed by atoms with Crippen molar-refractivity contribution >= 4 is 21.1 Å². The van der Waals surface area contributed by atoms with Crippen molar-refractivity contribution < 1.29 is 8.42 Å². The molecule has 2 aliphatic heterocycles. The van der Waals surface area contributed by atoms with Gasteiger partial charge in [-0.15, -0.1) is 0 Å². The zero-order valence-corrected chi connectivity index (χ0v) is 19.1. The fraction of sp³-hybridized carbons (Fsp3) is 0.500. The SMILES string of the molecule is CCC1(n2cc(-c3c(C#N)cnc4[nH]ccc34)cn2)CN(C2CCN(S(C)(=O)=O)CC2)C1. The highest BCUT2D eigenvalue weighted by Crippen LogP contribution is 2.38. The second kappa shape index (κ2) is 7.69. The van der Waals surface area contributed by atoms with Crippen LogP contribution in [0.2, 0.25) is 0 Å². The van der Waals surface area contributed by atoms with Crippen molar-refractivity contribution in [2.45, 2.75) is 37.8 Å². The van der Waals surface area contributed by atoms with Gasteiger partial charge in [0.2, 0.25) is 10.0 Å². The van der Waals surface area contributed by atoms with Crippen LogP contribution in [0.25, 0.3) is 22.2 Å². The van der Waals surface area contributed by atoms with Crippen molar-refractivity contribution in [3.63, 3.8) is 0 Å². The molecular weight excluding hydrogens is 426 g/mol. The van der Waals surface area contributed by atoms with Crippen LogP contribution in [0.3, 0.4) is 0 Å². The number of pyridine rings is 1. The van der Waals surface area contributed by atoms with Crippen LogP contribution in [-0.4, -0.2) is 75.8 Å². The average Bonchev–Trinajstić information content (AvgIpc) is 3.42. The number of aromatic nitrogens is 4. The zero-order valence-electron chi connectivity index (χ0n) is 18.3. The van der Waals surface area contributed by atoms with Gasteiger partial charge in [0, 0.05) is 67.3 Å². The van der Waals surface area contributed by atoms with Crippen LogP contribution in [0.5, 0.6) is 0 Å². The third-order valence-corrected chi connectivity index (χ3v) is 8.43. The summed E-state index contributed by atoms with van der Waals surface area (Å²) in [6.07, 6.45) is 11.3. The number of rotatable bonds is 5. The summed E-state index contributed by atoms with van der Waals surface area (Å²) in [5.41, 5.74) is 2.99. The highest BCUT2D eigenvalue weighted by molar-refractivity contribution is 7.88. The Hall–Kier alpha value is -2.74. The number of likely N-dealkylation sites (tertiary alicyclic amines) is 1. The number of nitrogens with one attached hydrogen (secondary N) is 1. The second-order valence-corrected chi connectivity index (χ2v) is 10.9. The highest BCUT2D eigenvalue weighted by Gasteiger charge is 2.47. The molecule has 0 radical (unpaired) electrons. The monoisotopic (exact) mass is 453 g/mol. The number of H-pyrrole nitrogens is 1. The van der Waals surface area contributed by atoms with Gasteiger partial charge >= 0.3 is 0 Å². The van der Waals surface area contributed by atoms with Gasteiger partial charge in [-0.2, -0.15) is 10.4 Å². The predicted octanol–water partition coefficient (Wildman–Crippen LogP) is 2.14. The molecule has 0 saturated carbocycles. The van der Waals surface area contributed by atoms with E-state index in [1.165, 1.54) is 6.26 Å². The summed E-state index contributed by atoms with van der Waals surface area (Å²) in [4.78, 5) is 9.90. The van der Waals surface area contributed by atoms with Gasteiger partial charge in [-0.25, -0.2) is 17.7 Å². The summed E-state index contributed by atoms with van der Waals surface area (Å²) in [5, 5.41) is 15.2. The third-order valence-electron chi connectivity index (χ3n) is 7.13. The van der Waals surface area contributed by atoms with Crippen molar-refractivity contribution in [1.29, 1.82) is 5.26 Å². The highest BCUT2D eigenvalue weighted by atomic mass is 32.2. The Balaban J connectivity index is 1.35. The first-order chi connectivity index (χ1) is 15.3. The maximum absolute atomic E-state index is 11.8. The lowest BCUT2D eigenvalue weighted by Crippen LogP contribution is -2.66. The summed E-state index contributed by atoms with van der Waals surface area (Å²) < 4.78 is 27.2. The summed E-state index contributed by atoms with van der Waals surface area (Å²) >= 11 is 0. The predicted molar refractivity (Wildman–Crippen MR) is 121 cm³/mol. The number of piperidine rings is 1. The minimum Gasteiger partial charge on any atom is -0.346 e. The van der Waals surface area contributed by atoms with Gasteiger partial charge < -0.3 is 4.98 Å². The Kier molecular flexibility index (Phi) is 5.08. The summed E-state index contributed by atoms with van der Waals surface area (Å²) in [6.45, 7) is 5.17. The Morgan fingerprint density at radius 3 is 2.69 bits per heavy atom. The molecule has 168 valence electrons. The number of sulfonamides is 1. The number of fused-ring (bicyclic) bond motifs is 1. The van der Waals surface area contributed by atoms with Gasteiger partial charge in [-0.05, 0) is 25.3 Å². The van der Waals surface area contributed by atoms with E-state index in [1.54, 1.807) is 10.5 Å². The van der Waals surface area contributed by atoms with Crippen LogP contribution in [0.15, 0.2) is 30.9 Å². The molecule has 1 N–H and O–H groups in total. The molecule has 32 heavy (non-hydrogen) atoms. The number of hydrogen-bond acceptors (Lipinski definition) is 6. The molecule has 3 aromatic heterocycles. The van der Waals surface area contributed by atoms with Crippen molar-refractivity contribution in [3.05, 3.63) is 36.4 Å². The van der Waals surface area contributed by atoms with Crippen molar-refractivity contribution in [1.82, 2.24) is 29.0 Å². The molecule has 10 heteroatoms. The van der Waals surface area contributed by atoms with Gasteiger partial charge in [0.15, 0.2) is 0 Å². The third kappa shape index (κ3) is 3.41. The lowest BCUT2D eigenvalue weighted by atomic mass is 9.84. The van der Waals surface area contributed by atoms with E-state index in [0.717, 1.165) is 54.5 Å². The molecule has 0 bridgehead atoms. The first-order valence-electron chi connectivity index (χ1n) is 11.0. The van der Waals surface area contributed by atoms with E-state index >= 15 is 0 Å². The van der Waals surface area contributed by atoms with Crippen molar-refractivity contribution in [2.24, 2.45) is 0 Å². The topological polar surface area (TPSA) is 111 Å². The van der Waals surface area contributed by atoms with Crippen molar-refractivity contribution in [2.75, 3.05) is 32.4 Å². The van der Waals surface area contributed by atoms with Gasteiger partial charge in [-0.1, -0.05) is 6.92 Å². The van der Waals surface area contributed by atoms with Crippen LogP contribution in [0, 0.1) is 11.3 Å². The van der Waals surface area contributed by atoms with Gasteiger partial charge in [0.1, 0.15) is 11.7 Å². The summed E-state index contributed by atoms with van der Waals surface area (Å²) in [7, 11) is -3.10. The zero-order chi connectivity index (χ0) is 22.5. The van der Waals surface area contributed by atoms with E-state index in [0.29, 0.717) is 24.7 Å². The first kappa shape index (κ1) is 21.1. The summed E-state index contributed by atoms with van der Waals surface area (Å²) in [6, 6.07) is 4.62. The number of nitriles is 1. The number of nitrogens with zero attached hydrogens (tertiary/aromatic N) is 6. The molecule has 0 unspecified atom stereocenters. The van der Waals surface area contributed by atoms with E-state index in [-0.39, 0.29) is 5.54 Å². The molecule has 0 spiro atoms. The lowest BCUT2D eigenvalue weighted by Gasteiger charge is -2.54. The van der Waals surface area contributed by atoms with Gasteiger partial charge in [-0.3, -0.25) is 9.58 Å². The largest absolute Gasteiger partial charge is 0.346 e. The molecule has 9 nitrogen and oxygen atoms in total. The van der Waals surface area contributed by atoms with Gasteiger partial charge in [0.25, 0.3) is 0 Å². The Morgan fingerprint density at radius 2 is 2.03 bits per heavy atom. The fourth-order valence-corrected chi connectivity index (χ4v) is 6.03. The maximum atomic E-state index is 11.8. The Bertz CT molecular complexity index is 1290. The van der Waals surface area contributed by atoms with Gasteiger partial charge in [0.05, 0.1) is 23.6 Å². The van der Waals surface area contributed by atoms with Crippen LogP contribution >= 0.6 is 0 Å². The number of hydrogen-bond donors (Lipinski definition) is 1. The molecule has 2 saturated heterocycles. The van der Waals surface area contributed by atoms with Crippen LogP contribution < -0.4 is 0 Å². The molecule has 5 heterocycles. The molecule has 2 aliphatic rings. The van der Waals surface area contributed by atoms with E-state index < -0.39 is 10.0 Å². The maximum Gasteiger partial charge on any atom is 0.211 e. The Labute approximate surface area is 187 Å². The molecule has 0 atom stereocenters. The molecule has 2 fully saturated rings. The first-order valence-corrected chi connectivity index (χ1v) is 12.8. The van der Waals surface area contributed by atoms with Crippen molar-refractivity contribution in [3.8, 4) is 17.2 Å². The van der Waals surface area contributed by atoms with Crippen LogP contribution in [0.4, 0.5) is 0 Å². The van der Waals surface area contributed by atoms with E-state index in [9.17, 15) is 13.7 Å². The molecule has 5 rings (SSSR count). The molecule has 0 amide bonds. The van der Waals surface area contributed by atoms with Crippen LogP contribution in [0.1, 0.15) is 31.7 Å². The average molecular weight is 454 g/mol. The van der Waals surface area contributed by atoms with E-state index in [4.69, 9.17) is 5.10 Å². The molecule has 3 aromatic rings. The standard InChI is InChI=1S/C22H27N7O2S/c1-3-22(14-27(15-22)18-5-8-28(9-6-18)32(2,30)31)29-13-17(12-26-29)20-16(10-23)11-25-21-19(20)4-7-24-21/h4,7,11-13,18H,3,5-6,8-9,14-15H2,1-2H3,(H,24,25). The molecule has 0 aromatic carbocycles. The fourth-order valence-electron chi connectivity index (χ4n) is 5.15. The van der Waals surface area contributed by atoms with E-state index in [1.807, 2.05) is 18.5 Å². The number of aromatic amines is 1. The summed E-state index contributed by atoms with van der Waals surface area (Å²) in [5.74, 6) is 0. The van der Waals surface area contributed by atoms with E-state index in [2.05, 4.69) is 38.7 Å². The lowest BCUT2D eigenvalue weighted by molar-refractivity contribution is -0.0430. The molecular formula is C22H27N7O2S. The second-order valence-electron chi connectivity index (χ2n) is 8.95. The van der Waals surface area contributed by atoms with Crippen LogP contribution in [-0.2, 0) is 15.6 Å². The Morgan fingerprint density at radius 1 is 1.28 bits per heavy atom. The molecule has 0 aliphatic carbocycles. The normalized spacial score (nSPS) is 20.3. The quantitative estimate of drug-likeness (QED) is 0.634.